The van der Waals surface area contributed by atoms with Crippen LogP contribution in [0, 0.1) is 0 Å². The first-order valence-corrected chi connectivity index (χ1v) is 9.00. The number of amides is 1. The Morgan fingerprint density at radius 1 is 1.27 bits per heavy atom. The van der Waals surface area contributed by atoms with Crippen molar-refractivity contribution in [2.75, 3.05) is 11.1 Å². The van der Waals surface area contributed by atoms with Crippen molar-refractivity contribution in [3.05, 3.63) is 51.5 Å². The number of carboxylic acids is 1. The monoisotopic (exact) mass is 389 g/mol. The van der Waals surface area contributed by atoms with Crippen molar-refractivity contribution in [1.29, 1.82) is 0 Å². The lowest BCUT2D eigenvalue weighted by atomic mass is 10.1. The molecule has 8 heteroatoms. The molecule has 0 radical (unpaired) electrons. The number of halogens is 1. The highest BCUT2D eigenvalue weighted by Gasteiger charge is 2.19. The number of anilines is 2. The van der Waals surface area contributed by atoms with Gasteiger partial charge in [0.1, 0.15) is 9.71 Å². The van der Waals surface area contributed by atoms with Crippen molar-refractivity contribution in [1.82, 2.24) is 4.98 Å². The van der Waals surface area contributed by atoms with E-state index in [0.717, 1.165) is 11.1 Å². The third-order valence-electron chi connectivity index (χ3n) is 3.87. The van der Waals surface area contributed by atoms with E-state index in [1.54, 1.807) is 0 Å². The first-order valence-electron chi connectivity index (χ1n) is 7.81. The molecule has 4 N–H and O–H groups in total. The molecular weight excluding hydrogens is 374 g/mol. The quantitative estimate of drug-likeness (QED) is 0.604. The van der Waals surface area contributed by atoms with Crippen LogP contribution in [0.25, 0.3) is 10.2 Å². The number of carbonyl (C=O) groups is 2. The maximum Gasteiger partial charge on any atom is 0.337 e. The molecule has 0 bridgehead atoms. The van der Waals surface area contributed by atoms with Crippen LogP contribution in [0.5, 0.6) is 0 Å². The molecule has 3 aromatic rings. The highest BCUT2D eigenvalue weighted by atomic mass is 35.5. The Balaban J connectivity index is 1.94. The van der Waals surface area contributed by atoms with Crippen LogP contribution in [0.4, 0.5) is 11.4 Å². The van der Waals surface area contributed by atoms with Gasteiger partial charge in [-0.25, -0.2) is 9.78 Å². The van der Waals surface area contributed by atoms with Gasteiger partial charge in [-0.1, -0.05) is 25.4 Å². The zero-order chi connectivity index (χ0) is 19.0. The van der Waals surface area contributed by atoms with E-state index >= 15 is 0 Å². The number of nitrogen functional groups attached to an aromatic ring is 1. The van der Waals surface area contributed by atoms with Gasteiger partial charge in [-0.3, -0.25) is 4.79 Å². The Morgan fingerprint density at radius 3 is 2.65 bits per heavy atom. The maximum absolute atomic E-state index is 12.6. The summed E-state index contributed by atoms with van der Waals surface area (Å²) in [5, 5.41) is 12.6. The summed E-state index contributed by atoms with van der Waals surface area (Å²) in [5.41, 5.74) is 7.64. The lowest BCUT2D eigenvalue weighted by Gasteiger charge is -2.06. The average molecular weight is 390 g/mol. The molecular formula is C18H16ClN3O3S. The Bertz CT molecular complexity index is 1030. The lowest BCUT2D eigenvalue weighted by molar-refractivity contribution is 0.0696. The van der Waals surface area contributed by atoms with Crippen LogP contribution in [0.3, 0.4) is 0 Å². The first kappa shape index (κ1) is 18.2. The number of nitrogens with zero attached hydrogens (tertiary/aromatic N) is 1. The van der Waals surface area contributed by atoms with Gasteiger partial charge in [0.2, 0.25) is 0 Å². The van der Waals surface area contributed by atoms with Crippen molar-refractivity contribution in [3.8, 4) is 0 Å². The molecule has 0 aliphatic heterocycles. The molecule has 2 aromatic heterocycles. The summed E-state index contributed by atoms with van der Waals surface area (Å²) in [6.07, 6.45) is 0. The summed E-state index contributed by atoms with van der Waals surface area (Å²) in [4.78, 5) is 29.4. The number of nitrogens with one attached hydrogen (secondary N) is 1. The van der Waals surface area contributed by atoms with Crippen LogP contribution >= 0.6 is 22.9 Å². The molecule has 0 atom stereocenters. The number of benzene rings is 1. The minimum atomic E-state index is -1.17. The topological polar surface area (TPSA) is 105 Å². The smallest absolute Gasteiger partial charge is 0.337 e. The summed E-state index contributed by atoms with van der Waals surface area (Å²) in [6.45, 7) is 4.08. The molecule has 6 nitrogen and oxygen atoms in total. The second-order valence-corrected chi connectivity index (χ2v) is 7.45. The van der Waals surface area contributed by atoms with Crippen molar-refractivity contribution in [2.45, 2.75) is 19.8 Å². The van der Waals surface area contributed by atoms with Crippen LogP contribution < -0.4 is 11.1 Å². The second kappa shape index (κ2) is 6.93. The fourth-order valence-electron chi connectivity index (χ4n) is 2.46. The molecule has 134 valence electrons. The van der Waals surface area contributed by atoms with Crippen molar-refractivity contribution < 1.29 is 14.7 Å². The molecule has 2 heterocycles. The standard InChI is InChI=1S/C18H16ClN3O3S/c1-8(2)13-6-4-10-14(20)15(26-17(10)22-13)16(23)21-9-3-5-12(19)11(7-9)18(24)25/h3-8H,20H2,1-2H3,(H,21,23)(H,24,25). The molecule has 26 heavy (non-hydrogen) atoms. The Hall–Kier alpha value is -2.64. The molecule has 0 saturated heterocycles. The number of fused-ring (bicyclic) bond motifs is 1. The number of hydrogen-bond donors (Lipinski definition) is 3. The largest absolute Gasteiger partial charge is 0.478 e. The Labute approximate surface area is 158 Å². The van der Waals surface area contributed by atoms with E-state index in [2.05, 4.69) is 10.3 Å². The molecule has 0 unspecified atom stereocenters. The van der Waals surface area contributed by atoms with Gasteiger partial charge >= 0.3 is 5.97 Å². The van der Waals surface area contributed by atoms with E-state index in [1.807, 2.05) is 26.0 Å². The minimum Gasteiger partial charge on any atom is -0.478 e. The zero-order valence-electron chi connectivity index (χ0n) is 14.0. The Kier molecular flexibility index (Phi) is 4.84. The molecule has 1 amide bonds. The van der Waals surface area contributed by atoms with E-state index in [0.29, 0.717) is 21.1 Å². The second-order valence-electron chi connectivity index (χ2n) is 6.04. The van der Waals surface area contributed by atoms with E-state index in [9.17, 15) is 9.59 Å². The lowest BCUT2D eigenvalue weighted by Crippen LogP contribution is -2.12. The highest BCUT2D eigenvalue weighted by molar-refractivity contribution is 7.21. The fraction of sp³-hybridized carbons (Fsp3) is 0.167. The molecule has 0 fully saturated rings. The third kappa shape index (κ3) is 3.36. The minimum absolute atomic E-state index is 0.0861. The van der Waals surface area contributed by atoms with Gasteiger partial charge in [0.15, 0.2) is 0 Å². The van der Waals surface area contributed by atoms with Crippen LogP contribution in [-0.4, -0.2) is 22.0 Å². The summed E-state index contributed by atoms with van der Waals surface area (Å²) < 4.78 is 0. The summed E-state index contributed by atoms with van der Waals surface area (Å²) in [7, 11) is 0. The van der Waals surface area contributed by atoms with Crippen molar-refractivity contribution in [3.63, 3.8) is 0 Å². The van der Waals surface area contributed by atoms with E-state index in [1.165, 1.54) is 29.5 Å². The summed E-state index contributed by atoms with van der Waals surface area (Å²) >= 11 is 7.05. The molecule has 0 aliphatic rings. The van der Waals surface area contributed by atoms with Gasteiger partial charge in [0, 0.05) is 16.8 Å². The van der Waals surface area contributed by atoms with E-state index < -0.39 is 11.9 Å². The number of rotatable bonds is 4. The number of pyridine rings is 1. The predicted molar refractivity (Wildman–Crippen MR) is 104 cm³/mol. The van der Waals surface area contributed by atoms with Crippen LogP contribution in [0.2, 0.25) is 5.02 Å². The maximum atomic E-state index is 12.6. The van der Waals surface area contributed by atoms with Gasteiger partial charge in [0.25, 0.3) is 5.91 Å². The van der Waals surface area contributed by atoms with Crippen LogP contribution in [-0.2, 0) is 0 Å². The van der Waals surface area contributed by atoms with Gasteiger partial charge < -0.3 is 16.2 Å². The fourth-order valence-corrected chi connectivity index (χ4v) is 3.65. The van der Waals surface area contributed by atoms with Crippen molar-refractivity contribution in [2.24, 2.45) is 0 Å². The molecule has 0 aliphatic carbocycles. The number of carboxylic acid groups (broad SMARTS) is 1. The number of aromatic carboxylic acids is 1. The third-order valence-corrected chi connectivity index (χ3v) is 5.31. The normalized spacial score (nSPS) is 11.1. The van der Waals surface area contributed by atoms with Gasteiger partial charge in [-0.05, 0) is 36.2 Å². The summed E-state index contributed by atoms with van der Waals surface area (Å²) in [5.74, 6) is -1.32. The van der Waals surface area contributed by atoms with Crippen LogP contribution in [0.1, 0.15) is 45.5 Å². The van der Waals surface area contributed by atoms with Crippen LogP contribution in [0.15, 0.2) is 30.3 Å². The SMILES string of the molecule is CC(C)c1ccc2c(N)c(C(=O)Nc3ccc(Cl)c(C(=O)O)c3)sc2n1. The number of nitrogens with two attached hydrogens (primary N) is 1. The van der Waals surface area contributed by atoms with Gasteiger partial charge in [-0.15, -0.1) is 11.3 Å². The van der Waals surface area contributed by atoms with Gasteiger partial charge in [-0.2, -0.15) is 0 Å². The number of aromatic nitrogens is 1. The number of carbonyl (C=O) groups excluding carboxylic acids is 1. The number of thiophene rings is 1. The molecule has 0 spiro atoms. The molecule has 0 saturated carbocycles. The van der Waals surface area contributed by atoms with E-state index in [-0.39, 0.29) is 16.5 Å². The molecule has 1 aromatic carbocycles. The number of hydrogen-bond acceptors (Lipinski definition) is 5. The highest BCUT2D eigenvalue weighted by Crippen LogP contribution is 2.34. The van der Waals surface area contributed by atoms with E-state index in [4.69, 9.17) is 22.4 Å². The zero-order valence-corrected chi connectivity index (χ0v) is 15.6. The Morgan fingerprint density at radius 2 is 2.00 bits per heavy atom. The first-order chi connectivity index (χ1) is 12.3. The summed E-state index contributed by atoms with van der Waals surface area (Å²) in [6, 6.07) is 8.03. The average Bonchev–Trinajstić information content (AvgIpc) is 2.92. The molecule has 3 rings (SSSR count). The predicted octanol–water partition coefficient (Wildman–Crippen LogP) is 4.61. The van der Waals surface area contributed by atoms with Gasteiger partial charge in [0.05, 0.1) is 16.3 Å². The van der Waals surface area contributed by atoms with Crippen molar-refractivity contribution >= 4 is 56.4 Å².